The second kappa shape index (κ2) is 5.87. The topological polar surface area (TPSA) is 128 Å². The maximum Gasteiger partial charge on any atom is 0.336 e. The normalized spacial score (nSPS) is 11.7. The van der Waals surface area contributed by atoms with Crippen molar-refractivity contribution < 1.29 is 19.4 Å². The van der Waals surface area contributed by atoms with Crippen LogP contribution in [0.15, 0.2) is 18.2 Å². The number of hydrogen-bond acceptors (Lipinski definition) is 6. The zero-order chi connectivity index (χ0) is 13.7. The molecule has 0 saturated carbocycles. The van der Waals surface area contributed by atoms with Crippen LogP contribution in [0.2, 0.25) is 0 Å². The highest BCUT2D eigenvalue weighted by Crippen LogP contribution is 2.13. The molecule has 1 aromatic rings. The Morgan fingerprint density at radius 3 is 2.39 bits per heavy atom. The Morgan fingerprint density at radius 1 is 1.33 bits per heavy atom. The Balaban J connectivity index is 2.63. The van der Waals surface area contributed by atoms with Crippen LogP contribution in [0.4, 0.5) is 11.4 Å². The average Bonchev–Trinajstić information content (AvgIpc) is 2.33. The fraction of sp³-hybridized carbons (Fsp3) is 0.273. The predicted molar refractivity (Wildman–Crippen MR) is 65.6 cm³/mol. The van der Waals surface area contributed by atoms with E-state index in [2.05, 4.69) is 10.1 Å². The van der Waals surface area contributed by atoms with Crippen molar-refractivity contribution in [3.05, 3.63) is 23.8 Å². The maximum atomic E-state index is 11.7. The Morgan fingerprint density at radius 2 is 1.89 bits per heavy atom. The number of hydrogen-bond donors (Lipinski definition) is 4. The Bertz CT molecular complexity index is 441. The van der Waals surface area contributed by atoms with Crippen molar-refractivity contribution in [2.45, 2.75) is 6.10 Å². The lowest BCUT2D eigenvalue weighted by atomic mass is 10.1. The van der Waals surface area contributed by atoms with Crippen molar-refractivity contribution >= 4 is 23.3 Å². The van der Waals surface area contributed by atoms with Gasteiger partial charge in [0, 0.05) is 16.9 Å². The molecule has 1 atom stereocenters. The predicted octanol–water partition coefficient (Wildman–Crippen LogP) is -0.885. The third kappa shape index (κ3) is 3.63. The fourth-order valence-corrected chi connectivity index (χ4v) is 1.32. The van der Waals surface area contributed by atoms with Gasteiger partial charge in [-0.3, -0.25) is 4.79 Å². The van der Waals surface area contributed by atoms with Crippen LogP contribution in [0.1, 0.15) is 10.4 Å². The van der Waals surface area contributed by atoms with Gasteiger partial charge in [0.2, 0.25) is 0 Å². The van der Waals surface area contributed by atoms with Crippen LogP contribution >= 0.6 is 0 Å². The standard InChI is InChI=1S/C11H15N3O4/c1-18-11(17)9(15)5-14-10(16)6-2-7(12)4-8(13)3-6/h2-4,9,15H,5,12-13H2,1H3,(H,14,16). The number of aliphatic hydroxyl groups excluding tert-OH is 1. The SMILES string of the molecule is COC(=O)C(O)CNC(=O)c1cc(N)cc(N)c1. The first-order chi connectivity index (χ1) is 8.43. The summed E-state index contributed by atoms with van der Waals surface area (Å²) in [5.41, 5.74) is 12.0. The van der Waals surface area contributed by atoms with Crippen molar-refractivity contribution in [1.82, 2.24) is 5.32 Å². The zero-order valence-corrected chi connectivity index (χ0v) is 9.84. The summed E-state index contributed by atoms with van der Waals surface area (Å²) in [6.07, 6.45) is -1.41. The number of nitrogens with one attached hydrogen (secondary N) is 1. The molecule has 6 N–H and O–H groups in total. The van der Waals surface area contributed by atoms with Gasteiger partial charge in [0.1, 0.15) is 0 Å². The van der Waals surface area contributed by atoms with E-state index >= 15 is 0 Å². The Labute approximate surface area is 104 Å². The number of carbonyl (C=O) groups is 2. The fourth-order valence-electron chi connectivity index (χ4n) is 1.32. The number of amides is 1. The van der Waals surface area contributed by atoms with Crippen LogP contribution in [0.3, 0.4) is 0 Å². The number of ether oxygens (including phenoxy) is 1. The van der Waals surface area contributed by atoms with E-state index in [-0.39, 0.29) is 12.1 Å². The minimum Gasteiger partial charge on any atom is -0.467 e. The molecule has 0 heterocycles. The molecule has 7 nitrogen and oxygen atoms in total. The molecule has 0 aliphatic heterocycles. The van der Waals surface area contributed by atoms with Gasteiger partial charge >= 0.3 is 5.97 Å². The molecule has 0 aliphatic rings. The second-order valence-corrected chi connectivity index (χ2v) is 3.64. The summed E-state index contributed by atoms with van der Waals surface area (Å²) in [7, 11) is 1.14. The molecule has 0 saturated heterocycles. The number of esters is 1. The van der Waals surface area contributed by atoms with Crippen molar-refractivity contribution in [1.29, 1.82) is 0 Å². The van der Waals surface area contributed by atoms with E-state index in [9.17, 15) is 14.7 Å². The van der Waals surface area contributed by atoms with E-state index in [0.29, 0.717) is 11.4 Å². The molecule has 18 heavy (non-hydrogen) atoms. The van der Waals surface area contributed by atoms with Gasteiger partial charge in [-0.15, -0.1) is 0 Å². The van der Waals surface area contributed by atoms with Gasteiger partial charge in [0.25, 0.3) is 5.91 Å². The van der Waals surface area contributed by atoms with Gasteiger partial charge in [-0.05, 0) is 18.2 Å². The summed E-state index contributed by atoms with van der Waals surface area (Å²) < 4.78 is 4.31. The van der Waals surface area contributed by atoms with Crippen molar-refractivity contribution in [3.8, 4) is 0 Å². The average molecular weight is 253 g/mol. The number of benzene rings is 1. The molecule has 0 bridgehead atoms. The minimum absolute atomic E-state index is 0.250. The molecule has 7 heteroatoms. The molecular weight excluding hydrogens is 238 g/mol. The van der Waals surface area contributed by atoms with Gasteiger partial charge in [-0.2, -0.15) is 0 Å². The molecule has 0 spiro atoms. The van der Waals surface area contributed by atoms with E-state index in [1.165, 1.54) is 18.2 Å². The Hall–Kier alpha value is -2.28. The number of nitrogens with two attached hydrogens (primary N) is 2. The van der Waals surface area contributed by atoms with Gasteiger partial charge in [-0.1, -0.05) is 0 Å². The highest BCUT2D eigenvalue weighted by molar-refractivity contribution is 5.96. The quantitative estimate of drug-likeness (QED) is 0.407. The summed E-state index contributed by atoms with van der Waals surface area (Å²) in [5, 5.41) is 11.7. The highest BCUT2D eigenvalue weighted by Gasteiger charge is 2.16. The number of aliphatic hydroxyl groups is 1. The van der Waals surface area contributed by atoms with Crippen LogP contribution in [0, 0.1) is 0 Å². The van der Waals surface area contributed by atoms with Gasteiger partial charge in [0.15, 0.2) is 6.10 Å². The van der Waals surface area contributed by atoms with E-state index in [0.717, 1.165) is 7.11 Å². The number of carbonyl (C=O) groups excluding carboxylic acids is 2. The first kappa shape index (κ1) is 13.8. The lowest BCUT2D eigenvalue weighted by Crippen LogP contribution is -2.37. The van der Waals surface area contributed by atoms with E-state index in [1.54, 1.807) is 0 Å². The largest absolute Gasteiger partial charge is 0.467 e. The lowest BCUT2D eigenvalue weighted by molar-refractivity contribution is -0.149. The molecule has 1 aromatic carbocycles. The monoisotopic (exact) mass is 253 g/mol. The smallest absolute Gasteiger partial charge is 0.336 e. The molecule has 1 amide bonds. The Kier molecular flexibility index (Phi) is 4.50. The molecule has 0 radical (unpaired) electrons. The van der Waals surface area contributed by atoms with Crippen LogP contribution in [-0.2, 0) is 9.53 Å². The maximum absolute atomic E-state index is 11.7. The number of rotatable bonds is 4. The van der Waals surface area contributed by atoms with Gasteiger partial charge in [-0.25, -0.2) is 4.79 Å². The molecule has 1 rings (SSSR count). The van der Waals surface area contributed by atoms with Crippen LogP contribution in [0.5, 0.6) is 0 Å². The summed E-state index contributed by atoms with van der Waals surface area (Å²) in [6, 6.07) is 4.40. The second-order valence-electron chi connectivity index (χ2n) is 3.64. The number of anilines is 2. The highest BCUT2D eigenvalue weighted by atomic mass is 16.5. The van der Waals surface area contributed by atoms with Gasteiger partial charge in [0.05, 0.1) is 13.7 Å². The first-order valence-electron chi connectivity index (χ1n) is 5.14. The van der Waals surface area contributed by atoms with Crippen molar-refractivity contribution in [2.24, 2.45) is 0 Å². The van der Waals surface area contributed by atoms with Gasteiger partial charge < -0.3 is 26.6 Å². The van der Waals surface area contributed by atoms with Crippen LogP contribution in [0.25, 0.3) is 0 Å². The van der Waals surface area contributed by atoms with Crippen LogP contribution < -0.4 is 16.8 Å². The van der Waals surface area contributed by atoms with E-state index in [4.69, 9.17) is 11.5 Å². The number of methoxy groups -OCH3 is 1. The number of nitrogen functional groups attached to an aromatic ring is 2. The molecular formula is C11H15N3O4. The lowest BCUT2D eigenvalue weighted by Gasteiger charge is -2.10. The first-order valence-corrected chi connectivity index (χ1v) is 5.14. The minimum atomic E-state index is -1.41. The zero-order valence-electron chi connectivity index (χ0n) is 9.84. The molecule has 0 aromatic heterocycles. The third-order valence-corrected chi connectivity index (χ3v) is 2.17. The molecule has 1 unspecified atom stereocenters. The van der Waals surface area contributed by atoms with Crippen LogP contribution in [-0.4, -0.2) is 36.7 Å². The summed E-state index contributed by atoms with van der Waals surface area (Å²) in [6.45, 7) is -0.250. The summed E-state index contributed by atoms with van der Waals surface area (Å²) in [5.74, 6) is -1.31. The molecule has 0 aliphatic carbocycles. The third-order valence-electron chi connectivity index (χ3n) is 2.17. The van der Waals surface area contributed by atoms with E-state index < -0.39 is 18.0 Å². The molecule has 0 fully saturated rings. The molecule has 98 valence electrons. The summed E-state index contributed by atoms with van der Waals surface area (Å²) in [4.78, 5) is 22.6. The van der Waals surface area contributed by atoms with Crippen molar-refractivity contribution in [3.63, 3.8) is 0 Å². The summed E-state index contributed by atoms with van der Waals surface area (Å²) >= 11 is 0. The van der Waals surface area contributed by atoms with E-state index in [1.807, 2.05) is 0 Å². The van der Waals surface area contributed by atoms with Crippen molar-refractivity contribution in [2.75, 3.05) is 25.1 Å².